The molecule has 1 aromatic heterocycles. The largest absolute Gasteiger partial charge is 0.399 e. The van der Waals surface area contributed by atoms with Crippen molar-refractivity contribution in [2.24, 2.45) is 0 Å². The van der Waals surface area contributed by atoms with Crippen LogP contribution in [0.15, 0.2) is 46.0 Å². The first-order valence-electron chi connectivity index (χ1n) is 5.39. The van der Waals surface area contributed by atoms with Crippen molar-refractivity contribution in [2.45, 2.75) is 11.8 Å². The number of halogens is 1. The fourth-order valence-electron chi connectivity index (χ4n) is 1.60. The van der Waals surface area contributed by atoms with Gasteiger partial charge < -0.3 is 5.73 Å². The Hall–Kier alpha value is -1.60. The molecular formula is C12H12BrN3O2S. The van der Waals surface area contributed by atoms with Crippen LogP contribution in [0.3, 0.4) is 0 Å². The minimum atomic E-state index is -3.68. The SMILES string of the molecule is Cc1cc(N)cc(S(=O)(=O)Nc2cccnc2Br)c1. The van der Waals surface area contributed by atoms with Gasteiger partial charge in [-0.3, -0.25) is 4.72 Å². The van der Waals surface area contributed by atoms with Gasteiger partial charge in [0.05, 0.1) is 10.6 Å². The molecule has 0 spiro atoms. The van der Waals surface area contributed by atoms with Crippen LogP contribution in [0, 0.1) is 6.92 Å². The maximum Gasteiger partial charge on any atom is 0.262 e. The zero-order valence-electron chi connectivity index (χ0n) is 10.1. The van der Waals surface area contributed by atoms with Crippen molar-refractivity contribution in [3.05, 3.63) is 46.7 Å². The molecule has 0 bridgehead atoms. The van der Waals surface area contributed by atoms with Crippen molar-refractivity contribution in [1.82, 2.24) is 4.98 Å². The molecule has 2 rings (SSSR count). The van der Waals surface area contributed by atoms with Gasteiger partial charge in [0, 0.05) is 11.9 Å². The topological polar surface area (TPSA) is 85.1 Å². The average Bonchev–Trinajstić information content (AvgIpc) is 2.31. The molecule has 2 aromatic rings. The molecule has 1 heterocycles. The summed E-state index contributed by atoms with van der Waals surface area (Å²) in [7, 11) is -3.68. The predicted octanol–water partition coefficient (Wildman–Crippen LogP) is 2.54. The second-order valence-electron chi connectivity index (χ2n) is 4.03. The Kier molecular flexibility index (Phi) is 3.77. The number of nitrogen functional groups attached to an aromatic ring is 1. The number of pyridine rings is 1. The van der Waals surface area contributed by atoms with Crippen molar-refractivity contribution in [3.8, 4) is 0 Å². The summed E-state index contributed by atoms with van der Waals surface area (Å²) in [4.78, 5) is 4.08. The van der Waals surface area contributed by atoms with Crippen LogP contribution >= 0.6 is 15.9 Å². The summed E-state index contributed by atoms with van der Waals surface area (Å²) >= 11 is 3.19. The normalized spacial score (nSPS) is 11.3. The van der Waals surface area contributed by atoms with Gasteiger partial charge in [0.2, 0.25) is 0 Å². The molecule has 1 aromatic carbocycles. The lowest BCUT2D eigenvalue weighted by molar-refractivity contribution is 0.601. The molecule has 0 saturated heterocycles. The molecule has 0 amide bonds. The molecular weight excluding hydrogens is 330 g/mol. The van der Waals surface area contributed by atoms with Gasteiger partial charge in [0.15, 0.2) is 0 Å². The highest BCUT2D eigenvalue weighted by Crippen LogP contribution is 2.23. The van der Waals surface area contributed by atoms with Gasteiger partial charge in [-0.25, -0.2) is 13.4 Å². The fraction of sp³-hybridized carbons (Fsp3) is 0.0833. The van der Waals surface area contributed by atoms with Crippen LogP contribution in [0.1, 0.15) is 5.56 Å². The lowest BCUT2D eigenvalue weighted by atomic mass is 10.2. The molecule has 100 valence electrons. The quantitative estimate of drug-likeness (QED) is 0.663. The van der Waals surface area contributed by atoms with Gasteiger partial charge in [-0.1, -0.05) is 0 Å². The second-order valence-corrected chi connectivity index (χ2v) is 6.46. The number of sulfonamides is 1. The summed E-state index contributed by atoms with van der Waals surface area (Å²) in [6.45, 7) is 1.79. The van der Waals surface area contributed by atoms with Gasteiger partial charge >= 0.3 is 0 Å². The monoisotopic (exact) mass is 341 g/mol. The van der Waals surface area contributed by atoms with Crippen molar-refractivity contribution in [2.75, 3.05) is 10.5 Å². The van der Waals surface area contributed by atoms with Crippen molar-refractivity contribution in [1.29, 1.82) is 0 Å². The van der Waals surface area contributed by atoms with Crippen LogP contribution in [-0.4, -0.2) is 13.4 Å². The lowest BCUT2D eigenvalue weighted by Gasteiger charge is -2.10. The first kappa shape index (κ1) is 13.8. The number of rotatable bonds is 3. The standard InChI is InChI=1S/C12H12BrN3O2S/c1-8-5-9(14)7-10(6-8)19(17,18)16-11-3-2-4-15-12(11)13/h2-7,16H,14H2,1H3. The highest BCUT2D eigenvalue weighted by atomic mass is 79.9. The summed E-state index contributed by atoms with van der Waals surface area (Å²) in [5.41, 5.74) is 7.23. The molecule has 0 radical (unpaired) electrons. The number of benzene rings is 1. The van der Waals surface area contributed by atoms with Crippen molar-refractivity contribution >= 4 is 37.3 Å². The van der Waals surface area contributed by atoms with Crippen LogP contribution < -0.4 is 10.5 Å². The summed E-state index contributed by atoms with van der Waals surface area (Å²) in [6.07, 6.45) is 1.56. The third kappa shape index (κ3) is 3.24. The molecule has 7 heteroatoms. The molecule has 0 saturated carbocycles. The Morgan fingerprint density at radius 2 is 2.05 bits per heavy atom. The molecule has 0 aliphatic carbocycles. The molecule has 0 atom stereocenters. The van der Waals surface area contributed by atoms with Crippen LogP contribution in [0.2, 0.25) is 0 Å². The second kappa shape index (κ2) is 5.18. The van der Waals surface area contributed by atoms with E-state index < -0.39 is 10.0 Å². The van der Waals surface area contributed by atoms with Gasteiger partial charge in [-0.15, -0.1) is 0 Å². The maximum atomic E-state index is 12.2. The summed E-state index contributed by atoms with van der Waals surface area (Å²) in [5, 5.41) is 0. The third-order valence-corrected chi connectivity index (χ3v) is 4.36. The fourth-order valence-corrected chi connectivity index (χ4v) is 3.28. The van der Waals surface area contributed by atoms with Crippen LogP contribution in [0.5, 0.6) is 0 Å². The Morgan fingerprint density at radius 3 is 2.68 bits per heavy atom. The lowest BCUT2D eigenvalue weighted by Crippen LogP contribution is -2.14. The molecule has 0 unspecified atom stereocenters. The first-order valence-corrected chi connectivity index (χ1v) is 7.66. The summed E-state index contributed by atoms with van der Waals surface area (Å²) in [5.74, 6) is 0. The minimum absolute atomic E-state index is 0.126. The van der Waals surface area contributed by atoms with Crippen molar-refractivity contribution < 1.29 is 8.42 Å². The van der Waals surface area contributed by atoms with E-state index in [9.17, 15) is 8.42 Å². The number of aromatic nitrogens is 1. The van der Waals surface area contributed by atoms with E-state index in [4.69, 9.17) is 5.73 Å². The first-order chi connectivity index (χ1) is 8.88. The van der Waals surface area contributed by atoms with Crippen LogP contribution in [0.25, 0.3) is 0 Å². The smallest absolute Gasteiger partial charge is 0.262 e. The van der Waals surface area contributed by atoms with E-state index in [2.05, 4.69) is 25.6 Å². The molecule has 0 aliphatic heterocycles. The maximum absolute atomic E-state index is 12.2. The summed E-state index contributed by atoms with van der Waals surface area (Å²) < 4.78 is 27.4. The summed E-state index contributed by atoms with van der Waals surface area (Å²) in [6, 6.07) is 7.95. The number of nitrogens with zero attached hydrogens (tertiary/aromatic N) is 1. The van der Waals surface area contributed by atoms with E-state index >= 15 is 0 Å². The van der Waals surface area contributed by atoms with Crippen molar-refractivity contribution in [3.63, 3.8) is 0 Å². The third-order valence-electron chi connectivity index (χ3n) is 2.39. The van der Waals surface area contributed by atoms with Gasteiger partial charge in [0.1, 0.15) is 4.60 Å². The molecule has 0 aliphatic rings. The number of nitrogens with one attached hydrogen (secondary N) is 1. The number of hydrogen-bond donors (Lipinski definition) is 2. The van der Waals surface area contributed by atoms with Crippen LogP contribution in [-0.2, 0) is 10.0 Å². The highest BCUT2D eigenvalue weighted by Gasteiger charge is 2.16. The van der Waals surface area contributed by atoms with Gasteiger partial charge in [0.25, 0.3) is 10.0 Å². The Morgan fingerprint density at radius 1 is 1.32 bits per heavy atom. The zero-order valence-corrected chi connectivity index (χ0v) is 12.5. The number of aryl methyl sites for hydroxylation is 1. The van der Waals surface area contributed by atoms with E-state index in [0.717, 1.165) is 5.56 Å². The highest BCUT2D eigenvalue weighted by molar-refractivity contribution is 9.10. The number of nitrogens with two attached hydrogens (primary N) is 1. The Bertz CT molecular complexity index is 696. The van der Waals surface area contributed by atoms with E-state index in [1.165, 1.54) is 6.07 Å². The number of hydrogen-bond acceptors (Lipinski definition) is 4. The Balaban J connectivity index is 2.41. The van der Waals surface area contributed by atoms with Crippen LogP contribution in [0.4, 0.5) is 11.4 Å². The van der Waals surface area contributed by atoms with Gasteiger partial charge in [-0.2, -0.15) is 0 Å². The minimum Gasteiger partial charge on any atom is -0.399 e. The van der Waals surface area contributed by atoms with E-state index in [-0.39, 0.29) is 4.90 Å². The molecule has 19 heavy (non-hydrogen) atoms. The van der Waals surface area contributed by atoms with E-state index in [0.29, 0.717) is 16.0 Å². The molecule has 5 nitrogen and oxygen atoms in total. The predicted molar refractivity (Wildman–Crippen MR) is 78.3 cm³/mol. The average molecular weight is 342 g/mol. The van der Waals surface area contributed by atoms with Gasteiger partial charge in [-0.05, 0) is 58.7 Å². The van der Waals surface area contributed by atoms with E-state index in [1.54, 1.807) is 37.4 Å². The Labute approximate surface area is 120 Å². The number of anilines is 2. The van der Waals surface area contributed by atoms with E-state index in [1.807, 2.05) is 0 Å². The zero-order chi connectivity index (χ0) is 14.0. The molecule has 3 N–H and O–H groups in total. The molecule has 0 fully saturated rings.